The van der Waals surface area contributed by atoms with Gasteiger partial charge in [0.05, 0.1) is 19.0 Å². The molecule has 0 fully saturated rings. The van der Waals surface area contributed by atoms with Crippen LogP contribution in [0.2, 0.25) is 5.02 Å². The molecule has 2 aromatic carbocycles. The number of halogens is 1. The maximum atomic E-state index is 12.4. The molecule has 0 bridgehead atoms. The van der Waals surface area contributed by atoms with Gasteiger partial charge in [0, 0.05) is 10.8 Å². The highest BCUT2D eigenvalue weighted by atomic mass is 35.5. The van der Waals surface area contributed by atoms with Gasteiger partial charge in [-0.1, -0.05) is 35.5 Å². The highest BCUT2D eigenvalue weighted by molar-refractivity contribution is 7.98. The van der Waals surface area contributed by atoms with Crippen molar-refractivity contribution >= 4 is 34.4 Å². The summed E-state index contributed by atoms with van der Waals surface area (Å²) in [6.07, 6.45) is 1.52. The third-order valence-corrected chi connectivity index (χ3v) is 5.18. The molecule has 4 rings (SSSR count). The number of benzene rings is 2. The summed E-state index contributed by atoms with van der Waals surface area (Å²) in [5.74, 6) is 1.39. The molecule has 0 saturated carbocycles. The van der Waals surface area contributed by atoms with E-state index in [1.807, 2.05) is 48.5 Å². The van der Waals surface area contributed by atoms with Crippen molar-refractivity contribution in [1.82, 2.24) is 19.7 Å². The molecule has 0 amide bonds. The van der Waals surface area contributed by atoms with E-state index in [1.54, 1.807) is 11.8 Å². The lowest BCUT2D eigenvalue weighted by atomic mass is 10.2. The zero-order valence-corrected chi connectivity index (χ0v) is 15.9. The zero-order chi connectivity index (χ0) is 18.8. The van der Waals surface area contributed by atoms with Crippen LogP contribution in [0, 0.1) is 0 Å². The average molecular weight is 399 g/mol. The van der Waals surface area contributed by atoms with Crippen molar-refractivity contribution in [3.05, 3.63) is 75.7 Å². The number of hydrogen-bond donors (Lipinski definition) is 1. The van der Waals surface area contributed by atoms with Gasteiger partial charge in [-0.3, -0.25) is 4.79 Å². The number of ether oxygens (including phenoxy) is 1. The maximum Gasteiger partial charge on any atom is 0.262 e. The minimum atomic E-state index is -0.214. The monoisotopic (exact) mass is 398 g/mol. The Bertz CT molecular complexity index is 1150. The number of thioether (sulfide) groups is 1. The van der Waals surface area contributed by atoms with Crippen molar-refractivity contribution in [2.75, 3.05) is 7.11 Å². The van der Waals surface area contributed by atoms with E-state index in [9.17, 15) is 4.79 Å². The van der Waals surface area contributed by atoms with E-state index in [0.29, 0.717) is 27.0 Å². The van der Waals surface area contributed by atoms with Crippen LogP contribution in [0.15, 0.2) is 64.7 Å². The second-order valence-electron chi connectivity index (χ2n) is 5.78. The van der Waals surface area contributed by atoms with Crippen LogP contribution in [-0.4, -0.2) is 26.9 Å². The number of aromatic amines is 1. The number of nitrogens with one attached hydrogen (secondary N) is 1. The van der Waals surface area contributed by atoms with Crippen LogP contribution in [0.25, 0.3) is 16.7 Å². The number of methoxy groups -OCH3 is 1. The minimum Gasteiger partial charge on any atom is -0.497 e. The van der Waals surface area contributed by atoms with Crippen LogP contribution in [0.5, 0.6) is 5.75 Å². The Morgan fingerprint density at radius 3 is 2.78 bits per heavy atom. The molecule has 0 aliphatic heterocycles. The van der Waals surface area contributed by atoms with E-state index in [4.69, 9.17) is 16.3 Å². The lowest BCUT2D eigenvalue weighted by Crippen LogP contribution is -2.09. The normalized spacial score (nSPS) is 11.0. The molecular weight excluding hydrogens is 384 g/mol. The van der Waals surface area contributed by atoms with Crippen LogP contribution in [0.3, 0.4) is 0 Å². The van der Waals surface area contributed by atoms with Gasteiger partial charge in [-0.2, -0.15) is 5.10 Å². The predicted octanol–water partition coefficient (Wildman–Crippen LogP) is 4.06. The van der Waals surface area contributed by atoms with Crippen LogP contribution >= 0.6 is 23.4 Å². The molecule has 4 aromatic rings. The SMILES string of the molecule is COc1ccc(-n2ncc3c(=O)[nH]c(SCc4cccc(Cl)c4)nc32)cc1. The molecule has 2 heterocycles. The van der Waals surface area contributed by atoms with Crippen LogP contribution < -0.4 is 10.3 Å². The molecule has 6 nitrogen and oxygen atoms in total. The fourth-order valence-corrected chi connectivity index (χ4v) is 3.67. The Balaban J connectivity index is 1.68. The van der Waals surface area contributed by atoms with E-state index in [2.05, 4.69) is 15.1 Å². The van der Waals surface area contributed by atoms with Gasteiger partial charge in [-0.15, -0.1) is 0 Å². The van der Waals surface area contributed by atoms with Gasteiger partial charge in [0.2, 0.25) is 0 Å². The van der Waals surface area contributed by atoms with Gasteiger partial charge in [0.15, 0.2) is 10.8 Å². The highest BCUT2D eigenvalue weighted by Gasteiger charge is 2.12. The Kier molecular flexibility index (Phi) is 4.87. The first-order valence-electron chi connectivity index (χ1n) is 8.14. The largest absolute Gasteiger partial charge is 0.497 e. The quantitative estimate of drug-likeness (QED) is 0.405. The van der Waals surface area contributed by atoms with E-state index < -0.39 is 0 Å². The van der Waals surface area contributed by atoms with E-state index >= 15 is 0 Å². The number of hydrogen-bond acceptors (Lipinski definition) is 5. The second kappa shape index (κ2) is 7.46. The maximum absolute atomic E-state index is 12.4. The second-order valence-corrected chi connectivity index (χ2v) is 7.18. The number of aromatic nitrogens is 4. The summed E-state index contributed by atoms with van der Waals surface area (Å²) >= 11 is 7.46. The van der Waals surface area contributed by atoms with Gasteiger partial charge in [0.1, 0.15) is 11.1 Å². The van der Waals surface area contributed by atoms with Crippen molar-refractivity contribution < 1.29 is 4.74 Å². The third kappa shape index (κ3) is 3.70. The van der Waals surface area contributed by atoms with Crippen LogP contribution in [-0.2, 0) is 5.75 Å². The third-order valence-electron chi connectivity index (χ3n) is 4.00. The fraction of sp³-hybridized carbons (Fsp3) is 0.105. The van der Waals surface area contributed by atoms with Gasteiger partial charge < -0.3 is 9.72 Å². The molecule has 0 aliphatic rings. The van der Waals surface area contributed by atoms with Gasteiger partial charge in [0.25, 0.3) is 5.56 Å². The highest BCUT2D eigenvalue weighted by Crippen LogP contribution is 2.23. The molecule has 0 radical (unpaired) electrons. The lowest BCUT2D eigenvalue weighted by Gasteiger charge is -2.06. The van der Waals surface area contributed by atoms with Gasteiger partial charge >= 0.3 is 0 Å². The first-order chi connectivity index (χ1) is 13.1. The lowest BCUT2D eigenvalue weighted by molar-refractivity contribution is 0.414. The molecular formula is C19H15ClN4O2S. The molecule has 0 atom stereocenters. The minimum absolute atomic E-state index is 0.214. The van der Waals surface area contributed by atoms with Crippen molar-refractivity contribution in [3.63, 3.8) is 0 Å². The Morgan fingerprint density at radius 2 is 2.04 bits per heavy atom. The summed E-state index contributed by atoms with van der Waals surface area (Å²) in [5, 5.41) is 5.98. The molecule has 8 heteroatoms. The zero-order valence-electron chi connectivity index (χ0n) is 14.3. The van der Waals surface area contributed by atoms with E-state index in [0.717, 1.165) is 17.0 Å². The average Bonchev–Trinajstić information content (AvgIpc) is 3.11. The summed E-state index contributed by atoms with van der Waals surface area (Å²) in [5.41, 5.74) is 2.15. The predicted molar refractivity (Wildman–Crippen MR) is 107 cm³/mol. The Morgan fingerprint density at radius 1 is 1.22 bits per heavy atom. The van der Waals surface area contributed by atoms with Gasteiger partial charge in [-0.25, -0.2) is 9.67 Å². The molecule has 0 spiro atoms. The van der Waals surface area contributed by atoms with Crippen LogP contribution in [0.4, 0.5) is 0 Å². The first kappa shape index (κ1) is 17.6. The standard InChI is InChI=1S/C19H15ClN4O2S/c1-26-15-7-5-14(6-8-15)24-17-16(10-21-24)18(25)23-19(22-17)27-11-12-3-2-4-13(20)9-12/h2-10H,11H2,1H3,(H,22,23,25). The van der Waals surface area contributed by atoms with Crippen molar-refractivity contribution in [2.45, 2.75) is 10.9 Å². The molecule has 2 aromatic heterocycles. The van der Waals surface area contributed by atoms with Crippen molar-refractivity contribution in [2.24, 2.45) is 0 Å². The van der Waals surface area contributed by atoms with Crippen LogP contribution in [0.1, 0.15) is 5.56 Å². The number of nitrogens with zero attached hydrogens (tertiary/aromatic N) is 3. The Hall–Kier alpha value is -2.77. The van der Waals surface area contributed by atoms with Crippen molar-refractivity contribution in [1.29, 1.82) is 0 Å². The number of H-pyrrole nitrogens is 1. The Labute approximate surface area is 164 Å². The number of fused-ring (bicyclic) bond motifs is 1. The fourth-order valence-electron chi connectivity index (χ4n) is 2.66. The molecule has 0 saturated heterocycles. The molecule has 0 unspecified atom stereocenters. The van der Waals surface area contributed by atoms with Crippen molar-refractivity contribution in [3.8, 4) is 11.4 Å². The molecule has 0 aliphatic carbocycles. The smallest absolute Gasteiger partial charge is 0.262 e. The summed E-state index contributed by atoms with van der Waals surface area (Å²) in [7, 11) is 1.61. The summed E-state index contributed by atoms with van der Waals surface area (Å²) in [4.78, 5) is 19.8. The first-order valence-corrected chi connectivity index (χ1v) is 9.50. The van der Waals surface area contributed by atoms with E-state index in [-0.39, 0.29) is 5.56 Å². The molecule has 1 N–H and O–H groups in total. The summed E-state index contributed by atoms with van der Waals surface area (Å²) in [6, 6.07) is 15.0. The topological polar surface area (TPSA) is 72.8 Å². The number of rotatable bonds is 5. The molecule has 27 heavy (non-hydrogen) atoms. The van der Waals surface area contributed by atoms with E-state index in [1.165, 1.54) is 18.0 Å². The summed E-state index contributed by atoms with van der Waals surface area (Å²) in [6.45, 7) is 0. The summed E-state index contributed by atoms with van der Waals surface area (Å²) < 4.78 is 6.83. The molecule has 136 valence electrons. The van der Waals surface area contributed by atoms with Gasteiger partial charge in [-0.05, 0) is 42.0 Å².